The Morgan fingerprint density at radius 1 is 1.44 bits per heavy atom. The molecule has 0 bridgehead atoms. The van der Waals surface area contributed by atoms with Gasteiger partial charge in [0.1, 0.15) is 0 Å². The summed E-state index contributed by atoms with van der Waals surface area (Å²) in [5.74, 6) is 1.39. The van der Waals surface area contributed by atoms with Gasteiger partial charge in [0, 0.05) is 12.2 Å². The molecule has 1 rings (SSSR count). The fourth-order valence-corrected chi connectivity index (χ4v) is 2.11. The lowest BCUT2D eigenvalue weighted by atomic mass is 9.91. The normalized spacial score (nSPS) is 13.4. The summed E-state index contributed by atoms with van der Waals surface area (Å²) in [4.78, 5) is 0. The standard InChI is InChI=1S/C13H25N3/c1-6-16-13(7-11(4)15-16)8-12(9-14-5)10(2)3/h7,10,12,14H,6,8-9H2,1-5H3. The smallest absolute Gasteiger partial charge is 0.0596 e. The Balaban J connectivity index is 2.75. The van der Waals surface area contributed by atoms with Crippen molar-refractivity contribution in [3.63, 3.8) is 0 Å². The summed E-state index contributed by atoms with van der Waals surface area (Å²) in [5.41, 5.74) is 2.50. The van der Waals surface area contributed by atoms with E-state index in [4.69, 9.17) is 0 Å². The average Bonchev–Trinajstić information content (AvgIpc) is 2.58. The summed E-state index contributed by atoms with van der Waals surface area (Å²) in [5, 5.41) is 7.78. The van der Waals surface area contributed by atoms with Crippen molar-refractivity contribution in [3.8, 4) is 0 Å². The van der Waals surface area contributed by atoms with Gasteiger partial charge < -0.3 is 5.32 Å². The largest absolute Gasteiger partial charge is 0.319 e. The predicted octanol–water partition coefficient (Wildman–Crippen LogP) is 2.25. The van der Waals surface area contributed by atoms with E-state index in [1.807, 2.05) is 7.05 Å². The monoisotopic (exact) mass is 223 g/mol. The molecule has 0 spiro atoms. The first kappa shape index (κ1) is 13.2. The number of hydrogen-bond donors (Lipinski definition) is 1. The predicted molar refractivity (Wildman–Crippen MR) is 68.6 cm³/mol. The van der Waals surface area contributed by atoms with E-state index >= 15 is 0 Å². The third-order valence-electron chi connectivity index (χ3n) is 3.17. The average molecular weight is 223 g/mol. The van der Waals surface area contributed by atoms with Gasteiger partial charge in [0.15, 0.2) is 0 Å². The Kier molecular flexibility index (Phi) is 5.00. The number of nitrogens with zero attached hydrogens (tertiary/aromatic N) is 2. The second kappa shape index (κ2) is 6.04. The van der Waals surface area contributed by atoms with Crippen LogP contribution in [0, 0.1) is 18.8 Å². The van der Waals surface area contributed by atoms with Gasteiger partial charge in [-0.05, 0) is 51.8 Å². The molecule has 0 fully saturated rings. The Morgan fingerprint density at radius 3 is 2.62 bits per heavy atom. The van der Waals surface area contributed by atoms with Crippen molar-refractivity contribution >= 4 is 0 Å². The van der Waals surface area contributed by atoms with E-state index in [0.29, 0.717) is 11.8 Å². The van der Waals surface area contributed by atoms with Crippen molar-refractivity contribution in [1.29, 1.82) is 0 Å². The Hall–Kier alpha value is -0.830. The zero-order valence-corrected chi connectivity index (χ0v) is 11.2. The van der Waals surface area contributed by atoms with Crippen LogP contribution >= 0.6 is 0 Å². The molecule has 1 aromatic heterocycles. The summed E-state index contributed by atoms with van der Waals surface area (Å²) in [6, 6.07) is 2.22. The quantitative estimate of drug-likeness (QED) is 0.801. The third kappa shape index (κ3) is 3.34. The van der Waals surface area contributed by atoms with E-state index in [9.17, 15) is 0 Å². The van der Waals surface area contributed by atoms with Crippen LogP contribution in [0.1, 0.15) is 32.2 Å². The number of nitrogens with one attached hydrogen (secondary N) is 1. The molecule has 0 aliphatic heterocycles. The maximum absolute atomic E-state index is 4.50. The van der Waals surface area contributed by atoms with Crippen molar-refractivity contribution in [3.05, 3.63) is 17.5 Å². The lowest BCUT2D eigenvalue weighted by Gasteiger charge is -2.20. The number of rotatable bonds is 6. The van der Waals surface area contributed by atoms with Crippen molar-refractivity contribution < 1.29 is 0 Å². The molecule has 0 aliphatic rings. The molecule has 0 aliphatic carbocycles. The maximum Gasteiger partial charge on any atom is 0.0596 e. The summed E-state index contributed by atoms with van der Waals surface area (Å²) in [7, 11) is 2.03. The van der Waals surface area contributed by atoms with Crippen LogP contribution in [0.15, 0.2) is 6.07 Å². The molecule has 1 heterocycles. The first-order valence-electron chi connectivity index (χ1n) is 6.26. The van der Waals surface area contributed by atoms with E-state index < -0.39 is 0 Å². The summed E-state index contributed by atoms with van der Waals surface area (Å²) >= 11 is 0. The van der Waals surface area contributed by atoms with Crippen molar-refractivity contribution in [2.75, 3.05) is 13.6 Å². The van der Waals surface area contributed by atoms with Crippen LogP contribution in [-0.4, -0.2) is 23.4 Å². The highest BCUT2D eigenvalue weighted by Crippen LogP contribution is 2.17. The van der Waals surface area contributed by atoms with E-state index in [1.54, 1.807) is 0 Å². The molecule has 1 aromatic rings. The van der Waals surface area contributed by atoms with Crippen molar-refractivity contribution in [1.82, 2.24) is 15.1 Å². The highest BCUT2D eigenvalue weighted by atomic mass is 15.3. The number of hydrogen-bond acceptors (Lipinski definition) is 2. The van der Waals surface area contributed by atoms with Gasteiger partial charge in [0.25, 0.3) is 0 Å². The highest BCUT2D eigenvalue weighted by molar-refractivity contribution is 5.10. The Labute approximate surface area is 99.2 Å². The van der Waals surface area contributed by atoms with Crippen LogP contribution in [0.5, 0.6) is 0 Å². The van der Waals surface area contributed by atoms with E-state index in [0.717, 1.165) is 25.2 Å². The van der Waals surface area contributed by atoms with E-state index in [1.165, 1.54) is 5.69 Å². The van der Waals surface area contributed by atoms with Gasteiger partial charge in [-0.1, -0.05) is 13.8 Å². The Bertz CT molecular complexity index is 315. The molecule has 3 nitrogen and oxygen atoms in total. The van der Waals surface area contributed by atoms with Crippen LogP contribution in [-0.2, 0) is 13.0 Å². The van der Waals surface area contributed by atoms with E-state index in [2.05, 4.69) is 48.9 Å². The number of aromatic nitrogens is 2. The molecular formula is C13H25N3. The molecule has 0 radical (unpaired) electrons. The van der Waals surface area contributed by atoms with Gasteiger partial charge in [0.2, 0.25) is 0 Å². The van der Waals surface area contributed by atoms with Gasteiger partial charge in [-0.25, -0.2) is 0 Å². The summed E-state index contributed by atoms with van der Waals surface area (Å²) < 4.78 is 2.13. The fourth-order valence-electron chi connectivity index (χ4n) is 2.11. The van der Waals surface area contributed by atoms with Gasteiger partial charge in [-0.2, -0.15) is 5.10 Å². The zero-order valence-electron chi connectivity index (χ0n) is 11.2. The molecule has 92 valence electrons. The third-order valence-corrected chi connectivity index (χ3v) is 3.17. The fraction of sp³-hybridized carbons (Fsp3) is 0.769. The van der Waals surface area contributed by atoms with Gasteiger partial charge >= 0.3 is 0 Å². The first-order valence-corrected chi connectivity index (χ1v) is 6.26. The van der Waals surface area contributed by atoms with Crippen LogP contribution in [0.2, 0.25) is 0 Å². The minimum atomic E-state index is 0.686. The van der Waals surface area contributed by atoms with Gasteiger partial charge in [-0.15, -0.1) is 0 Å². The molecular weight excluding hydrogens is 198 g/mol. The molecule has 0 amide bonds. The molecule has 1 N–H and O–H groups in total. The Morgan fingerprint density at radius 2 is 2.12 bits per heavy atom. The SMILES string of the molecule is CCn1nc(C)cc1CC(CNC)C(C)C. The molecule has 3 heteroatoms. The minimum absolute atomic E-state index is 0.686. The van der Waals surface area contributed by atoms with E-state index in [-0.39, 0.29) is 0 Å². The molecule has 0 saturated heterocycles. The molecule has 0 saturated carbocycles. The van der Waals surface area contributed by atoms with Crippen molar-refractivity contribution in [2.24, 2.45) is 11.8 Å². The van der Waals surface area contributed by atoms with Crippen LogP contribution in [0.4, 0.5) is 0 Å². The second-order valence-electron chi connectivity index (χ2n) is 4.86. The summed E-state index contributed by atoms with van der Waals surface area (Å²) in [6.07, 6.45) is 1.12. The topological polar surface area (TPSA) is 29.9 Å². The highest BCUT2D eigenvalue weighted by Gasteiger charge is 2.16. The number of aryl methyl sites for hydroxylation is 2. The summed E-state index contributed by atoms with van der Waals surface area (Å²) in [6.45, 7) is 10.8. The van der Waals surface area contributed by atoms with Crippen LogP contribution < -0.4 is 5.32 Å². The molecule has 16 heavy (non-hydrogen) atoms. The zero-order chi connectivity index (χ0) is 12.1. The van der Waals surface area contributed by atoms with Crippen LogP contribution in [0.25, 0.3) is 0 Å². The van der Waals surface area contributed by atoms with Crippen molar-refractivity contribution in [2.45, 2.75) is 40.7 Å². The maximum atomic E-state index is 4.50. The molecule has 1 atom stereocenters. The second-order valence-corrected chi connectivity index (χ2v) is 4.86. The van der Waals surface area contributed by atoms with Gasteiger partial charge in [0.05, 0.1) is 5.69 Å². The minimum Gasteiger partial charge on any atom is -0.319 e. The first-order chi connectivity index (χ1) is 7.58. The van der Waals surface area contributed by atoms with Crippen LogP contribution in [0.3, 0.4) is 0 Å². The molecule has 1 unspecified atom stereocenters. The molecule has 0 aromatic carbocycles. The van der Waals surface area contributed by atoms with Gasteiger partial charge in [-0.3, -0.25) is 4.68 Å². The lowest BCUT2D eigenvalue weighted by Crippen LogP contribution is -2.26. The lowest BCUT2D eigenvalue weighted by molar-refractivity contribution is 0.361.